The normalized spacial score (nSPS) is 12.3. The highest BCUT2D eigenvalue weighted by Gasteiger charge is 2.14. The van der Waals surface area contributed by atoms with Gasteiger partial charge in [0.2, 0.25) is 0 Å². The van der Waals surface area contributed by atoms with Crippen LogP contribution in [0.25, 0.3) is 0 Å². The zero-order chi connectivity index (χ0) is 11.4. The van der Waals surface area contributed by atoms with Crippen LogP contribution >= 0.6 is 0 Å². The fourth-order valence-corrected chi connectivity index (χ4v) is 1.30. The Hall–Kier alpha value is -1.45. The number of carbonyl (C=O) groups excluding carboxylic acids is 1. The van der Waals surface area contributed by atoms with E-state index in [-0.39, 0.29) is 11.9 Å². The summed E-state index contributed by atoms with van der Waals surface area (Å²) in [7, 11) is 1.30. The summed E-state index contributed by atoms with van der Waals surface area (Å²) in [6, 6.07) is 3.60. The molecule has 0 spiro atoms. The third-order valence-electron chi connectivity index (χ3n) is 2.13. The third kappa shape index (κ3) is 3.01. The summed E-state index contributed by atoms with van der Waals surface area (Å²) in [6.45, 7) is 1.67. The molecule has 0 aromatic heterocycles. The minimum atomic E-state index is -0.899. The predicted molar refractivity (Wildman–Crippen MR) is 51.2 cm³/mol. The molecule has 4 heteroatoms. The number of hydrogen-bond donors (Lipinski definition) is 0. The lowest BCUT2D eigenvalue weighted by molar-refractivity contribution is -0.144. The second-order valence-electron chi connectivity index (χ2n) is 3.38. The number of ether oxygens (including phenoxy) is 1. The first-order valence-corrected chi connectivity index (χ1v) is 4.56. The van der Waals surface area contributed by atoms with Crippen molar-refractivity contribution < 1.29 is 18.3 Å². The van der Waals surface area contributed by atoms with Gasteiger partial charge in [-0.3, -0.25) is 4.79 Å². The topological polar surface area (TPSA) is 26.3 Å². The molecule has 0 heterocycles. The largest absolute Gasteiger partial charge is 0.469 e. The molecule has 0 saturated carbocycles. The van der Waals surface area contributed by atoms with Crippen molar-refractivity contribution in [2.45, 2.75) is 13.3 Å². The maximum Gasteiger partial charge on any atom is 0.308 e. The van der Waals surface area contributed by atoms with Gasteiger partial charge < -0.3 is 4.74 Å². The Morgan fingerprint density at radius 2 is 2.07 bits per heavy atom. The van der Waals surface area contributed by atoms with Gasteiger partial charge in [-0.25, -0.2) is 8.78 Å². The smallest absolute Gasteiger partial charge is 0.308 e. The van der Waals surface area contributed by atoms with E-state index >= 15 is 0 Å². The molecular weight excluding hydrogens is 202 g/mol. The molecule has 0 N–H and O–H groups in total. The van der Waals surface area contributed by atoms with Crippen LogP contribution in [0.3, 0.4) is 0 Å². The van der Waals surface area contributed by atoms with E-state index in [9.17, 15) is 13.6 Å². The van der Waals surface area contributed by atoms with E-state index in [2.05, 4.69) is 4.74 Å². The van der Waals surface area contributed by atoms with Crippen LogP contribution in [0.15, 0.2) is 18.2 Å². The summed E-state index contributed by atoms with van der Waals surface area (Å²) in [5, 5.41) is 0. The number of halogens is 2. The molecule has 0 saturated heterocycles. The van der Waals surface area contributed by atoms with Crippen molar-refractivity contribution in [1.82, 2.24) is 0 Å². The quantitative estimate of drug-likeness (QED) is 0.722. The molecule has 1 unspecified atom stereocenters. The molecule has 0 bridgehead atoms. The van der Waals surface area contributed by atoms with Gasteiger partial charge in [-0.2, -0.15) is 0 Å². The monoisotopic (exact) mass is 214 g/mol. The van der Waals surface area contributed by atoms with Gasteiger partial charge in [0.25, 0.3) is 0 Å². The van der Waals surface area contributed by atoms with Crippen LogP contribution in [0.2, 0.25) is 0 Å². The minimum absolute atomic E-state index is 0.337. The molecule has 1 aromatic carbocycles. The number of methoxy groups -OCH3 is 1. The fraction of sp³-hybridized carbons (Fsp3) is 0.364. The molecule has 0 aliphatic rings. The van der Waals surface area contributed by atoms with Gasteiger partial charge in [-0.15, -0.1) is 0 Å². The molecular formula is C11H12F2O2. The summed E-state index contributed by atoms with van der Waals surface area (Å²) in [4.78, 5) is 11.1. The van der Waals surface area contributed by atoms with Crippen molar-refractivity contribution in [1.29, 1.82) is 0 Å². The number of esters is 1. The number of rotatable bonds is 3. The summed E-state index contributed by atoms with van der Waals surface area (Å²) in [5.41, 5.74) is 0.576. The first-order valence-electron chi connectivity index (χ1n) is 4.56. The van der Waals surface area contributed by atoms with Crippen molar-refractivity contribution >= 4 is 5.97 Å². The van der Waals surface area contributed by atoms with Crippen molar-refractivity contribution in [2.75, 3.05) is 7.11 Å². The second-order valence-corrected chi connectivity index (χ2v) is 3.38. The SMILES string of the molecule is COC(=O)C(C)Cc1ccc(F)c(F)c1. The molecule has 0 aliphatic heterocycles. The first-order chi connectivity index (χ1) is 7.04. The zero-order valence-corrected chi connectivity index (χ0v) is 8.59. The van der Waals surface area contributed by atoms with E-state index < -0.39 is 11.6 Å². The molecule has 1 aromatic rings. The van der Waals surface area contributed by atoms with Crippen LogP contribution in [-0.4, -0.2) is 13.1 Å². The lowest BCUT2D eigenvalue weighted by atomic mass is 10.0. The maximum atomic E-state index is 12.8. The zero-order valence-electron chi connectivity index (χ0n) is 8.59. The number of hydrogen-bond acceptors (Lipinski definition) is 2. The summed E-state index contributed by atoms with van der Waals surface area (Å²) >= 11 is 0. The number of benzene rings is 1. The first kappa shape index (κ1) is 11.6. The van der Waals surface area contributed by atoms with Crippen LogP contribution in [0.4, 0.5) is 8.78 Å². The van der Waals surface area contributed by atoms with Gasteiger partial charge in [0.15, 0.2) is 11.6 Å². The highest BCUT2D eigenvalue weighted by atomic mass is 19.2. The molecule has 1 atom stereocenters. The molecule has 15 heavy (non-hydrogen) atoms. The average molecular weight is 214 g/mol. The second kappa shape index (κ2) is 4.87. The van der Waals surface area contributed by atoms with Gasteiger partial charge in [-0.05, 0) is 24.1 Å². The van der Waals surface area contributed by atoms with Gasteiger partial charge >= 0.3 is 5.97 Å². The van der Waals surface area contributed by atoms with Crippen molar-refractivity contribution in [3.05, 3.63) is 35.4 Å². The van der Waals surface area contributed by atoms with Crippen molar-refractivity contribution in [3.8, 4) is 0 Å². The Morgan fingerprint density at radius 3 is 2.60 bits per heavy atom. The minimum Gasteiger partial charge on any atom is -0.469 e. The van der Waals surface area contributed by atoms with Crippen molar-refractivity contribution in [3.63, 3.8) is 0 Å². The third-order valence-corrected chi connectivity index (χ3v) is 2.13. The fourth-order valence-electron chi connectivity index (χ4n) is 1.30. The Morgan fingerprint density at radius 1 is 1.40 bits per heavy atom. The van der Waals surface area contributed by atoms with Gasteiger partial charge in [0.05, 0.1) is 13.0 Å². The summed E-state index contributed by atoms with van der Waals surface area (Å²) in [6.07, 6.45) is 0.337. The van der Waals surface area contributed by atoms with Crippen LogP contribution in [0.1, 0.15) is 12.5 Å². The lowest BCUT2D eigenvalue weighted by Crippen LogP contribution is -2.15. The van der Waals surface area contributed by atoms with Crippen LogP contribution < -0.4 is 0 Å². The average Bonchev–Trinajstić information content (AvgIpc) is 2.22. The Balaban J connectivity index is 2.73. The number of carbonyl (C=O) groups is 1. The standard InChI is InChI=1S/C11H12F2O2/c1-7(11(14)15-2)5-8-3-4-9(12)10(13)6-8/h3-4,6-7H,5H2,1-2H3. The van der Waals surface area contributed by atoms with E-state index in [0.29, 0.717) is 12.0 Å². The Kier molecular flexibility index (Phi) is 3.77. The molecule has 1 rings (SSSR count). The highest BCUT2D eigenvalue weighted by molar-refractivity contribution is 5.72. The van der Waals surface area contributed by atoms with Crippen LogP contribution in [0, 0.1) is 17.6 Å². The van der Waals surface area contributed by atoms with E-state index in [0.717, 1.165) is 12.1 Å². The summed E-state index contributed by atoms with van der Waals surface area (Å²) < 4.78 is 29.9. The summed E-state index contributed by atoms with van der Waals surface area (Å²) in [5.74, 6) is -2.51. The Bertz CT molecular complexity index is 364. The molecule has 0 aliphatic carbocycles. The van der Waals surface area contributed by atoms with Crippen LogP contribution in [0.5, 0.6) is 0 Å². The van der Waals surface area contributed by atoms with Gasteiger partial charge in [0, 0.05) is 0 Å². The van der Waals surface area contributed by atoms with Crippen molar-refractivity contribution in [2.24, 2.45) is 5.92 Å². The van der Waals surface area contributed by atoms with E-state index in [1.807, 2.05) is 0 Å². The molecule has 2 nitrogen and oxygen atoms in total. The maximum absolute atomic E-state index is 12.8. The lowest BCUT2D eigenvalue weighted by Gasteiger charge is -2.08. The predicted octanol–water partition coefficient (Wildman–Crippen LogP) is 2.32. The van der Waals surface area contributed by atoms with Gasteiger partial charge in [-0.1, -0.05) is 13.0 Å². The highest BCUT2D eigenvalue weighted by Crippen LogP contribution is 2.13. The van der Waals surface area contributed by atoms with E-state index in [4.69, 9.17) is 0 Å². The molecule has 0 fully saturated rings. The Labute approximate surface area is 86.9 Å². The molecule has 82 valence electrons. The molecule has 0 amide bonds. The van der Waals surface area contributed by atoms with Gasteiger partial charge in [0.1, 0.15) is 0 Å². The van der Waals surface area contributed by atoms with Crippen LogP contribution in [-0.2, 0) is 16.0 Å². The van der Waals surface area contributed by atoms with E-state index in [1.54, 1.807) is 6.92 Å². The molecule has 0 radical (unpaired) electrons. The van der Waals surface area contributed by atoms with E-state index in [1.165, 1.54) is 13.2 Å².